The molecule has 0 unspecified atom stereocenters. The zero-order valence-electron chi connectivity index (χ0n) is 14.9. The number of rotatable bonds is 6. The molecular formula is C19H20N6O2. The molecule has 8 nitrogen and oxygen atoms in total. The Morgan fingerprint density at radius 1 is 1.37 bits per heavy atom. The van der Waals surface area contributed by atoms with E-state index < -0.39 is 0 Å². The average Bonchev–Trinajstić information content (AvgIpc) is 3.09. The van der Waals surface area contributed by atoms with Crippen molar-refractivity contribution >= 4 is 22.8 Å². The van der Waals surface area contributed by atoms with Gasteiger partial charge in [0.1, 0.15) is 5.82 Å². The van der Waals surface area contributed by atoms with Crippen molar-refractivity contribution in [1.29, 1.82) is 5.26 Å². The highest BCUT2D eigenvalue weighted by atomic mass is 16.3. The maximum absolute atomic E-state index is 12.3. The third-order valence-electron chi connectivity index (χ3n) is 4.16. The molecule has 0 aliphatic carbocycles. The second kappa shape index (κ2) is 8.29. The highest BCUT2D eigenvalue weighted by Crippen LogP contribution is 2.22. The lowest BCUT2D eigenvalue weighted by Crippen LogP contribution is -2.31. The number of aliphatic hydroxyl groups is 1. The summed E-state index contributed by atoms with van der Waals surface area (Å²) in [6.07, 6.45) is 1.94. The maximum Gasteiger partial charge on any atom is 0.320 e. The Hall–Kier alpha value is -3.44. The number of aryl methyl sites for hydroxylation is 1. The van der Waals surface area contributed by atoms with Gasteiger partial charge < -0.3 is 10.4 Å². The Morgan fingerprint density at radius 2 is 2.15 bits per heavy atom. The summed E-state index contributed by atoms with van der Waals surface area (Å²) in [7, 11) is 0. The highest BCUT2D eigenvalue weighted by molar-refractivity contribution is 5.92. The van der Waals surface area contributed by atoms with Gasteiger partial charge in [-0.25, -0.2) is 9.78 Å². The standard InChI is InChI=1S/C19H20N6O2/c1-13(14-6-3-2-4-7-14)22-19(27)24-17-10-15-11-21-25(9-5-8-20)18(15)16(12-26)23-17/h2-4,6-7,10-11,13,26H,5,9,12H2,1H3,(H2,22,23,24,27)/t13-/m1/s1. The number of nitrogens with zero attached hydrogens (tertiary/aromatic N) is 4. The smallest absolute Gasteiger partial charge is 0.320 e. The van der Waals surface area contributed by atoms with Crippen LogP contribution < -0.4 is 10.6 Å². The van der Waals surface area contributed by atoms with Crippen molar-refractivity contribution in [3.05, 3.63) is 53.9 Å². The van der Waals surface area contributed by atoms with Crippen LogP contribution in [0.15, 0.2) is 42.6 Å². The predicted molar refractivity (Wildman–Crippen MR) is 101 cm³/mol. The van der Waals surface area contributed by atoms with E-state index >= 15 is 0 Å². The average molecular weight is 364 g/mol. The normalized spacial score (nSPS) is 11.7. The number of nitrogens with one attached hydrogen (secondary N) is 2. The Labute approximate surface area is 156 Å². The summed E-state index contributed by atoms with van der Waals surface area (Å²) in [5, 5.41) is 28.9. The highest BCUT2D eigenvalue weighted by Gasteiger charge is 2.14. The molecule has 0 fully saturated rings. The number of hydrogen-bond acceptors (Lipinski definition) is 5. The van der Waals surface area contributed by atoms with E-state index in [2.05, 4.69) is 26.8 Å². The molecule has 3 N–H and O–H groups in total. The van der Waals surface area contributed by atoms with E-state index in [9.17, 15) is 9.90 Å². The lowest BCUT2D eigenvalue weighted by atomic mass is 10.1. The number of carbonyl (C=O) groups excluding carboxylic acids is 1. The van der Waals surface area contributed by atoms with Crippen molar-refractivity contribution in [2.24, 2.45) is 0 Å². The number of amides is 2. The molecule has 138 valence electrons. The number of aliphatic hydroxyl groups excluding tert-OH is 1. The molecular weight excluding hydrogens is 344 g/mol. The van der Waals surface area contributed by atoms with Gasteiger partial charge >= 0.3 is 6.03 Å². The fourth-order valence-electron chi connectivity index (χ4n) is 2.87. The third-order valence-corrected chi connectivity index (χ3v) is 4.16. The Balaban J connectivity index is 1.77. The van der Waals surface area contributed by atoms with Gasteiger partial charge in [0, 0.05) is 5.39 Å². The topological polar surface area (TPSA) is 116 Å². The van der Waals surface area contributed by atoms with Crippen LogP contribution in [-0.4, -0.2) is 25.9 Å². The molecule has 0 radical (unpaired) electrons. The van der Waals surface area contributed by atoms with Gasteiger partial charge in [0.25, 0.3) is 0 Å². The molecule has 1 aromatic carbocycles. The van der Waals surface area contributed by atoms with E-state index in [4.69, 9.17) is 5.26 Å². The second-order valence-electron chi connectivity index (χ2n) is 6.06. The largest absolute Gasteiger partial charge is 0.390 e. The molecule has 2 aromatic heterocycles. The minimum atomic E-state index is -0.390. The number of hydrogen-bond donors (Lipinski definition) is 3. The van der Waals surface area contributed by atoms with Crippen LogP contribution in [0, 0.1) is 11.3 Å². The van der Waals surface area contributed by atoms with Crippen LogP contribution in [0.5, 0.6) is 0 Å². The SMILES string of the molecule is C[C@@H](NC(=O)Nc1cc2cnn(CCC#N)c2c(CO)n1)c1ccccc1. The summed E-state index contributed by atoms with van der Waals surface area (Å²) >= 11 is 0. The Morgan fingerprint density at radius 3 is 2.85 bits per heavy atom. The first-order chi connectivity index (χ1) is 13.1. The van der Waals surface area contributed by atoms with Crippen LogP contribution in [0.2, 0.25) is 0 Å². The molecule has 0 aliphatic heterocycles. The number of fused-ring (bicyclic) bond motifs is 1. The molecule has 0 aliphatic rings. The number of carbonyl (C=O) groups is 1. The molecule has 0 spiro atoms. The lowest BCUT2D eigenvalue weighted by molar-refractivity contribution is 0.249. The van der Waals surface area contributed by atoms with Crippen LogP contribution >= 0.6 is 0 Å². The van der Waals surface area contributed by atoms with Crippen molar-refractivity contribution in [3.63, 3.8) is 0 Å². The quantitative estimate of drug-likeness (QED) is 0.622. The molecule has 2 heterocycles. The van der Waals surface area contributed by atoms with Crippen molar-refractivity contribution < 1.29 is 9.90 Å². The number of benzene rings is 1. The first kappa shape index (κ1) is 18.4. The van der Waals surface area contributed by atoms with Crippen LogP contribution in [0.1, 0.15) is 30.6 Å². The van der Waals surface area contributed by atoms with E-state index in [-0.39, 0.29) is 18.7 Å². The van der Waals surface area contributed by atoms with Gasteiger partial charge in [-0.2, -0.15) is 10.4 Å². The zero-order valence-corrected chi connectivity index (χ0v) is 14.9. The minimum absolute atomic E-state index is 0.166. The van der Waals surface area contributed by atoms with Crippen LogP contribution in [-0.2, 0) is 13.2 Å². The molecule has 8 heteroatoms. The summed E-state index contributed by atoms with van der Waals surface area (Å²) in [5.41, 5.74) is 2.05. The third kappa shape index (κ3) is 4.22. The summed E-state index contributed by atoms with van der Waals surface area (Å²) in [6, 6.07) is 12.8. The fourth-order valence-corrected chi connectivity index (χ4v) is 2.87. The first-order valence-electron chi connectivity index (χ1n) is 8.58. The Bertz CT molecular complexity index is 977. The van der Waals surface area contributed by atoms with Gasteiger partial charge in [-0.3, -0.25) is 10.00 Å². The van der Waals surface area contributed by atoms with Crippen LogP contribution in [0.4, 0.5) is 10.6 Å². The molecule has 3 aromatic rings. The summed E-state index contributed by atoms with van der Waals surface area (Å²) in [6.45, 7) is 2.01. The van der Waals surface area contributed by atoms with Crippen molar-refractivity contribution in [2.45, 2.75) is 32.5 Å². The number of urea groups is 1. The fraction of sp³-hybridized carbons (Fsp3) is 0.263. The molecule has 0 bridgehead atoms. The van der Waals surface area contributed by atoms with Crippen molar-refractivity contribution in [2.75, 3.05) is 5.32 Å². The molecule has 2 amide bonds. The van der Waals surface area contributed by atoms with Gasteiger partial charge in [0.05, 0.1) is 49.1 Å². The number of pyridine rings is 1. The van der Waals surface area contributed by atoms with E-state index in [1.807, 2.05) is 37.3 Å². The number of anilines is 1. The van der Waals surface area contributed by atoms with Gasteiger partial charge in [-0.1, -0.05) is 30.3 Å². The minimum Gasteiger partial charge on any atom is -0.390 e. The molecule has 0 saturated carbocycles. The van der Waals surface area contributed by atoms with E-state index in [0.717, 1.165) is 10.9 Å². The predicted octanol–water partition coefficient (Wildman–Crippen LogP) is 2.72. The van der Waals surface area contributed by atoms with Gasteiger partial charge in [-0.05, 0) is 18.6 Å². The number of aromatic nitrogens is 3. The zero-order chi connectivity index (χ0) is 19.2. The maximum atomic E-state index is 12.3. The van der Waals surface area contributed by atoms with E-state index in [1.165, 1.54) is 0 Å². The van der Waals surface area contributed by atoms with Gasteiger partial charge in [0.15, 0.2) is 0 Å². The molecule has 1 atom stereocenters. The lowest BCUT2D eigenvalue weighted by Gasteiger charge is -2.15. The number of nitriles is 1. The first-order valence-corrected chi connectivity index (χ1v) is 8.58. The monoisotopic (exact) mass is 364 g/mol. The van der Waals surface area contributed by atoms with E-state index in [1.54, 1.807) is 16.9 Å². The summed E-state index contributed by atoms with van der Waals surface area (Å²) in [4.78, 5) is 16.6. The molecule has 27 heavy (non-hydrogen) atoms. The van der Waals surface area contributed by atoms with Crippen LogP contribution in [0.3, 0.4) is 0 Å². The van der Waals surface area contributed by atoms with Gasteiger partial charge in [0.2, 0.25) is 0 Å². The summed E-state index contributed by atoms with van der Waals surface area (Å²) < 4.78 is 1.64. The van der Waals surface area contributed by atoms with Crippen molar-refractivity contribution in [3.8, 4) is 6.07 Å². The van der Waals surface area contributed by atoms with Crippen molar-refractivity contribution in [1.82, 2.24) is 20.1 Å². The van der Waals surface area contributed by atoms with Crippen LogP contribution in [0.25, 0.3) is 10.9 Å². The Kier molecular flexibility index (Phi) is 5.64. The molecule has 3 rings (SSSR count). The summed E-state index contributed by atoms with van der Waals surface area (Å²) in [5.74, 6) is 0.323. The van der Waals surface area contributed by atoms with Gasteiger partial charge in [-0.15, -0.1) is 0 Å². The van der Waals surface area contributed by atoms with E-state index in [0.29, 0.717) is 30.0 Å². The molecule has 0 saturated heterocycles. The second-order valence-corrected chi connectivity index (χ2v) is 6.06.